The predicted octanol–water partition coefficient (Wildman–Crippen LogP) is 2.41. The van der Waals surface area contributed by atoms with Crippen LogP contribution in [0.3, 0.4) is 0 Å². The van der Waals surface area contributed by atoms with Crippen LogP contribution >= 0.6 is 0 Å². The van der Waals surface area contributed by atoms with Crippen molar-refractivity contribution in [2.24, 2.45) is 10.7 Å². The number of aromatic nitrogens is 3. The van der Waals surface area contributed by atoms with Crippen LogP contribution in [0.1, 0.15) is 41.4 Å². The van der Waals surface area contributed by atoms with Gasteiger partial charge in [0.1, 0.15) is 5.82 Å². The summed E-state index contributed by atoms with van der Waals surface area (Å²) >= 11 is 0. The SMILES string of the molecule is COc1cccc(-c2cc(F)ccc2C2Cc3nc(N)nc(C)c3C(NOCCCC(N)=O)=N2)n1. The fourth-order valence-electron chi connectivity index (χ4n) is 3.97. The fraction of sp³-hybridized carbons (Fsp3) is 0.292. The number of primary amides is 1. The lowest BCUT2D eigenvalue weighted by Crippen LogP contribution is -2.32. The molecule has 3 aromatic rings. The second kappa shape index (κ2) is 10.4. The Morgan fingerprint density at radius 3 is 2.83 bits per heavy atom. The molecule has 0 saturated carbocycles. The Hall–Kier alpha value is -4.12. The maximum absolute atomic E-state index is 14.3. The van der Waals surface area contributed by atoms with Gasteiger partial charge in [0.05, 0.1) is 42.4 Å². The number of carbonyl (C=O) groups is 1. The van der Waals surface area contributed by atoms with Gasteiger partial charge in [0.15, 0.2) is 5.84 Å². The molecule has 0 fully saturated rings. The van der Waals surface area contributed by atoms with Crippen LogP contribution in [0.25, 0.3) is 11.3 Å². The Morgan fingerprint density at radius 1 is 1.23 bits per heavy atom. The standard InChI is InChI=1S/C24H26FN7O3/c1-13-22-19(31-24(27)28-13)12-18(30-23(22)32-35-10-4-6-20(26)33)15-9-8-14(25)11-16(15)17-5-3-7-21(29-17)34-2/h3,5,7-9,11,18H,4,6,10,12H2,1-2H3,(H2,26,33)(H,30,32)(H2,27,28,31). The van der Waals surface area contributed by atoms with Gasteiger partial charge in [-0.15, -0.1) is 0 Å². The number of amides is 1. The van der Waals surface area contributed by atoms with Crippen LogP contribution in [0, 0.1) is 12.7 Å². The monoisotopic (exact) mass is 479 g/mol. The van der Waals surface area contributed by atoms with E-state index in [1.165, 1.54) is 19.2 Å². The summed E-state index contributed by atoms with van der Waals surface area (Å²) < 4.78 is 19.5. The van der Waals surface area contributed by atoms with Crippen molar-refractivity contribution in [1.82, 2.24) is 20.4 Å². The normalized spacial score (nSPS) is 14.7. The number of pyridine rings is 1. The van der Waals surface area contributed by atoms with E-state index in [1.54, 1.807) is 24.3 Å². The number of carbonyl (C=O) groups excluding carboxylic acids is 1. The maximum atomic E-state index is 14.3. The summed E-state index contributed by atoms with van der Waals surface area (Å²) in [7, 11) is 1.52. The van der Waals surface area contributed by atoms with E-state index in [9.17, 15) is 9.18 Å². The van der Waals surface area contributed by atoms with E-state index in [4.69, 9.17) is 26.0 Å². The molecule has 35 heavy (non-hydrogen) atoms. The smallest absolute Gasteiger partial charge is 0.220 e. The number of hydrogen-bond donors (Lipinski definition) is 3. The zero-order valence-corrected chi connectivity index (χ0v) is 19.4. The fourth-order valence-corrected chi connectivity index (χ4v) is 3.97. The molecule has 0 spiro atoms. The lowest BCUT2D eigenvalue weighted by Gasteiger charge is -2.26. The summed E-state index contributed by atoms with van der Waals surface area (Å²) in [5, 5.41) is 0. The van der Waals surface area contributed by atoms with Gasteiger partial charge in [0.25, 0.3) is 0 Å². The second-order valence-corrected chi connectivity index (χ2v) is 8.00. The van der Waals surface area contributed by atoms with Crippen molar-refractivity contribution in [3.63, 3.8) is 0 Å². The van der Waals surface area contributed by atoms with Crippen LogP contribution in [0.15, 0.2) is 41.4 Å². The molecule has 10 nitrogen and oxygen atoms in total. The zero-order chi connectivity index (χ0) is 24.9. The van der Waals surface area contributed by atoms with Crippen LogP contribution in [0.4, 0.5) is 10.3 Å². The number of nitrogens with two attached hydrogens (primary N) is 2. The molecule has 11 heteroatoms. The Balaban J connectivity index is 1.72. The van der Waals surface area contributed by atoms with Crippen molar-refractivity contribution in [1.29, 1.82) is 0 Å². The number of nitrogen functional groups attached to an aromatic ring is 1. The first kappa shape index (κ1) is 24.0. The number of benzene rings is 1. The number of hydrogen-bond acceptors (Lipinski definition) is 9. The average molecular weight is 480 g/mol. The molecule has 0 saturated heterocycles. The molecule has 5 N–H and O–H groups in total. The molecule has 0 aliphatic carbocycles. The maximum Gasteiger partial charge on any atom is 0.220 e. The van der Waals surface area contributed by atoms with Crippen molar-refractivity contribution in [2.45, 2.75) is 32.2 Å². The number of nitrogens with zero attached hydrogens (tertiary/aromatic N) is 4. The molecule has 0 bridgehead atoms. The minimum absolute atomic E-state index is 0.150. The van der Waals surface area contributed by atoms with E-state index in [2.05, 4.69) is 20.4 Å². The summed E-state index contributed by atoms with van der Waals surface area (Å²) in [5.74, 6) is 0.188. The third-order valence-electron chi connectivity index (χ3n) is 5.51. The highest BCUT2D eigenvalue weighted by atomic mass is 19.1. The average Bonchev–Trinajstić information content (AvgIpc) is 2.83. The molecular formula is C24H26FN7O3. The lowest BCUT2D eigenvalue weighted by molar-refractivity contribution is -0.118. The first-order valence-corrected chi connectivity index (χ1v) is 11.0. The molecule has 1 amide bonds. The van der Waals surface area contributed by atoms with Crippen molar-refractivity contribution in [2.75, 3.05) is 19.5 Å². The van der Waals surface area contributed by atoms with Crippen LogP contribution < -0.4 is 21.7 Å². The molecule has 2 aromatic heterocycles. The Morgan fingerprint density at radius 2 is 2.06 bits per heavy atom. The van der Waals surface area contributed by atoms with Gasteiger partial charge in [0, 0.05) is 24.5 Å². The van der Waals surface area contributed by atoms with Crippen molar-refractivity contribution < 1.29 is 18.8 Å². The number of aryl methyl sites for hydroxylation is 1. The van der Waals surface area contributed by atoms with Crippen LogP contribution in [-0.2, 0) is 16.1 Å². The minimum atomic E-state index is -0.434. The van der Waals surface area contributed by atoms with Crippen LogP contribution in [-0.4, -0.2) is 40.4 Å². The molecular weight excluding hydrogens is 453 g/mol. The quantitative estimate of drug-likeness (QED) is 0.329. The van der Waals surface area contributed by atoms with E-state index in [-0.39, 0.29) is 19.0 Å². The number of methoxy groups -OCH3 is 1. The first-order valence-electron chi connectivity index (χ1n) is 11.0. The number of halogens is 1. The Kier molecular flexibility index (Phi) is 7.16. The summed E-state index contributed by atoms with van der Waals surface area (Å²) in [6.07, 6.45) is 1.07. The molecule has 1 atom stereocenters. The zero-order valence-electron chi connectivity index (χ0n) is 19.4. The summed E-state index contributed by atoms with van der Waals surface area (Å²) in [4.78, 5) is 34.5. The van der Waals surface area contributed by atoms with Crippen molar-refractivity contribution in [3.8, 4) is 17.1 Å². The van der Waals surface area contributed by atoms with Crippen LogP contribution in [0.5, 0.6) is 5.88 Å². The number of amidine groups is 1. The molecule has 1 aliphatic heterocycles. The van der Waals surface area contributed by atoms with Crippen LogP contribution in [0.2, 0.25) is 0 Å². The molecule has 3 heterocycles. The van der Waals surface area contributed by atoms with Crippen molar-refractivity contribution in [3.05, 3.63) is 64.7 Å². The van der Waals surface area contributed by atoms with Gasteiger partial charge in [-0.05, 0) is 37.1 Å². The molecule has 1 unspecified atom stereocenters. The van der Waals surface area contributed by atoms with Gasteiger partial charge >= 0.3 is 0 Å². The van der Waals surface area contributed by atoms with Gasteiger partial charge in [-0.3, -0.25) is 14.6 Å². The van der Waals surface area contributed by atoms with E-state index >= 15 is 0 Å². The number of fused-ring (bicyclic) bond motifs is 1. The van der Waals surface area contributed by atoms with Gasteiger partial charge in [0.2, 0.25) is 17.7 Å². The predicted molar refractivity (Wildman–Crippen MR) is 128 cm³/mol. The van der Waals surface area contributed by atoms with Gasteiger partial charge in [-0.2, -0.15) is 0 Å². The van der Waals surface area contributed by atoms with E-state index in [0.29, 0.717) is 52.8 Å². The first-order chi connectivity index (χ1) is 16.9. The number of ether oxygens (including phenoxy) is 1. The van der Waals surface area contributed by atoms with E-state index in [0.717, 1.165) is 5.56 Å². The summed E-state index contributed by atoms with van der Waals surface area (Å²) in [6, 6.07) is 9.36. The van der Waals surface area contributed by atoms with E-state index < -0.39 is 17.8 Å². The molecule has 182 valence electrons. The molecule has 4 rings (SSSR count). The summed E-state index contributed by atoms with van der Waals surface area (Å²) in [5.41, 5.74) is 17.9. The minimum Gasteiger partial charge on any atom is -0.481 e. The number of aliphatic imine (C=N–C) groups is 1. The van der Waals surface area contributed by atoms with Crippen molar-refractivity contribution >= 4 is 17.7 Å². The highest BCUT2D eigenvalue weighted by molar-refractivity contribution is 6.01. The second-order valence-electron chi connectivity index (χ2n) is 8.00. The highest BCUT2D eigenvalue weighted by Crippen LogP contribution is 2.36. The number of rotatable bonds is 8. The molecule has 1 aliphatic rings. The Labute approximate surface area is 201 Å². The van der Waals surface area contributed by atoms with Gasteiger partial charge in [-0.25, -0.2) is 24.8 Å². The van der Waals surface area contributed by atoms with Gasteiger partial charge < -0.3 is 16.2 Å². The Bertz CT molecular complexity index is 1280. The third kappa shape index (κ3) is 5.52. The summed E-state index contributed by atoms with van der Waals surface area (Å²) in [6.45, 7) is 2.05. The largest absolute Gasteiger partial charge is 0.481 e. The van der Waals surface area contributed by atoms with E-state index in [1.807, 2.05) is 6.92 Å². The topological polar surface area (TPSA) is 151 Å². The lowest BCUT2D eigenvalue weighted by atomic mass is 9.91. The van der Waals surface area contributed by atoms with Gasteiger partial charge in [-0.1, -0.05) is 12.1 Å². The molecule has 1 aromatic carbocycles. The third-order valence-corrected chi connectivity index (χ3v) is 5.51. The molecule has 0 radical (unpaired) electrons. The number of anilines is 1. The number of hydroxylamine groups is 1. The number of nitrogens with one attached hydrogen (secondary N) is 1. The highest BCUT2D eigenvalue weighted by Gasteiger charge is 2.28.